The Balaban J connectivity index is 2.23. The molecule has 1 atom stereocenters. The summed E-state index contributed by atoms with van der Waals surface area (Å²) >= 11 is 0. The highest BCUT2D eigenvalue weighted by Crippen LogP contribution is 2.21. The van der Waals surface area contributed by atoms with E-state index in [0.717, 1.165) is 16.7 Å². The summed E-state index contributed by atoms with van der Waals surface area (Å²) in [5.41, 5.74) is 3.57. The smallest absolute Gasteiger partial charge is 0.243 e. The maximum atomic E-state index is 13.4. The number of sulfonamides is 1. The highest BCUT2D eigenvalue weighted by Gasteiger charge is 2.29. The molecule has 0 aliphatic rings. The predicted molar refractivity (Wildman–Crippen MR) is 142 cm³/mol. The molecule has 1 N–H and O–H groups in total. The zero-order chi connectivity index (χ0) is 26.2. The first-order valence-electron chi connectivity index (χ1n) is 12.1. The first-order chi connectivity index (χ1) is 16.4. The molecule has 7 nitrogen and oxygen atoms in total. The number of nitrogens with one attached hydrogen (secondary N) is 1. The summed E-state index contributed by atoms with van der Waals surface area (Å²) in [6.45, 7) is 10.1. The third-order valence-corrected chi connectivity index (χ3v) is 7.05. The fourth-order valence-corrected chi connectivity index (χ4v) is 5.02. The molecule has 2 amide bonds. The van der Waals surface area contributed by atoms with Gasteiger partial charge in [0.05, 0.1) is 11.9 Å². The Morgan fingerprint density at radius 3 is 2.29 bits per heavy atom. The molecular formula is C27H39N3O4S. The van der Waals surface area contributed by atoms with E-state index in [-0.39, 0.29) is 30.8 Å². The Labute approximate surface area is 210 Å². The van der Waals surface area contributed by atoms with Gasteiger partial charge in [-0.3, -0.25) is 13.9 Å². The quantitative estimate of drug-likeness (QED) is 0.473. The minimum Gasteiger partial charge on any atom is -0.352 e. The van der Waals surface area contributed by atoms with Crippen LogP contribution >= 0.6 is 0 Å². The molecule has 2 aromatic carbocycles. The van der Waals surface area contributed by atoms with Gasteiger partial charge in [0.15, 0.2) is 0 Å². The van der Waals surface area contributed by atoms with Crippen molar-refractivity contribution in [1.29, 1.82) is 0 Å². The van der Waals surface area contributed by atoms with Gasteiger partial charge in [-0.2, -0.15) is 0 Å². The second-order valence-electron chi connectivity index (χ2n) is 9.31. The van der Waals surface area contributed by atoms with Gasteiger partial charge in [0.1, 0.15) is 6.04 Å². The van der Waals surface area contributed by atoms with E-state index < -0.39 is 16.1 Å². The molecule has 0 fully saturated rings. The van der Waals surface area contributed by atoms with Crippen molar-refractivity contribution in [3.8, 4) is 0 Å². The van der Waals surface area contributed by atoms with Gasteiger partial charge in [0, 0.05) is 25.6 Å². The summed E-state index contributed by atoms with van der Waals surface area (Å²) in [6, 6.07) is 14.5. The van der Waals surface area contributed by atoms with Gasteiger partial charge in [-0.25, -0.2) is 8.42 Å². The van der Waals surface area contributed by atoms with Crippen LogP contribution in [0, 0.1) is 13.8 Å². The number of rotatable bonds is 12. The first kappa shape index (κ1) is 28.4. The van der Waals surface area contributed by atoms with Crippen LogP contribution in [0.5, 0.6) is 0 Å². The van der Waals surface area contributed by atoms with Crippen LogP contribution < -0.4 is 9.62 Å². The molecule has 35 heavy (non-hydrogen) atoms. The van der Waals surface area contributed by atoms with Crippen LogP contribution in [-0.2, 0) is 26.2 Å². The molecule has 0 heterocycles. The van der Waals surface area contributed by atoms with Crippen LogP contribution in [0.15, 0.2) is 48.5 Å². The second-order valence-corrected chi connectivity index (χ2v) is 11.2. The molecule has 0 aliphatic heterocycles. The lowest BCUT2D eigenvalue weighted by molar-refractivity contribution is -0.141. The van der Waals surface area contributed by atoms with Crippen molar-refractivity contribution in [2.24, 2.45) is 0 Å². The maximum absolute atomic E-state index is 13.4. The van der Waals surface area contributed by atoms with Crippen molar-refractivity contribution in [1.82, 2.24) is 10.2 Å². The topological polar surface area (TPSA) is 86.8 Å². The summed E-state index contributed by atoms with van der Waals surface area (Å²) in [4.78, 5) is 28.0. The number of carbonyl (C=O) groups excluding carboxylic acids is 2. The van der Waals surface area contributed by atoms with Crippen LogP contribution in [0.25, 0.3) is 0 Å². The number of anilines is 1. The lowest BCUT2D eigenvalue weighted by Gasteiger charge is -2.32. The predicted octanol–water partition coefficient (Wildman–Crippen LogP) is 4.18. The molecule has 0 radical (unpaired) electrons. The minimum atomic E-state index is -3.51. The largest absolute Gasteiger partial charge is 0.352 e. The van der Waals surface area contributed by atoms with E-state index in [1.807, 2.05) is 77.1 Å². The van der Waals surface area contributed by atoms with Crippen LogP contribution in [0.2, 0.25) is 0 Å². The van der Waals surface area contributed by atoms with Crippen molar-refractivity contribution < 1.29 is 18.0 Å². The van der Waals surface area contributed by atoms with Gasteiger partial charge < -0.3 is 10.2 Å². The standard InChI is InChI=1S/C27H39N3O4S/c1-7-25(27(32)28-20(2)3)29(19-23-14-9-8-13-22(23)5)26(31)16-11-17-30(35(6,33)34)24-15-10-12-21(4)18-24/h8-10,12-15,18,20,25H,7,11,16-17,19H2,1-6H3,(H,28,32)/t25-/m0/s1. The van der Waals surface area contributed by atoms with E-state index in [9.17, 15) is 18.0 Å². The fraction of sp³-hybridized carbons (Fsp3) is 0.481. The highest BCUT2D eigenvalue weighted by molar-refractivity contribution is 7.92. The number of hydrogen-bond acceptors (Lipinski definition) is 4. The number of hydrogen-bond donors (Lipinski definition) is 1. The maximum Gasteiger partial charge on any atom is 0.243 e. The van der Waals surface area contributed by atoms with Gasteiger partial charge in [-0.15, -0.1) is 0 Å². The molecule has 0 bridgehead atoms. The Bertz CT molecular complexity index is 1110. The molecule has 0 saturated carbocycles. The Morgan fingerprint density at radius 1 is 1.03 bits per heavy atom. The van der Waals surface area contributed by atoms with E-state index in [4.69, 9.17) is 0 Å². The van der Waals surface area contributed by atoms with E-state index in [0.29, 0.717) is 25.1 Å². The van der Waals surface area contributed by atoms with Crippen LogP contribution in [0.4, 0.5) is 5.69 Å². The zero-order valence-corrected chi connectivity index (χ0v) is 22.6. The Kier molecular flexibility index (Phi) is 10.3. The molecule has 0 spiro atoms. The summed E-state index contributed by atoms with van der Waals surface area (Å²) in [6.07, 6.45) is 2.13. The van der Waals surface area contributed by atoms with Gasteiger partial charge in [0.2, 0.25) is 21.8 Å². The van der Waals surface area contributed by atoms with E-state index in [1.165, 1.54) is 10.6 Å². The zero-order valence-electron chi connectivity index (χ0n) is 21.7. The molecule has 2 rings (SSSR count). The van der Waals surface area contributed by atoms with Crippen LogP contribution in [0.1, 0.15) is 56.7 Å². The highest BCUT2D eigenvalue weighted by atomic mass is 32.2. The first-order valence-corrected chi connectivity index (χ1v) is 14.0. The lowest BCUT2D eigenvalue weighted by atomic mass is 10.0. The number of aryl methyl sites for hydroxylation is 2. The Hall–Kier alpha value is -2.87. The third kappa shape index (κ3) is 8.38. The molecular weight excluding hydrogens is 462 g/mol. The van der Waals surface area contributed by atoms with Gasteiger partial charge >= 0.3 is 0 Å². The molecule has 8 heteroatoms. The Morgan fingerprint density at radius 2 is 1.71 bits per heavy atom. The van der Waals surface area contributed by atoms with Crippen molar-refractivity contribution in [2.45, 2.75) is 72.5 Å². The average Bonchev–Trinajstić information content (AvgIpc) is 2.76. The number of amides is 2. The number of carbonyl (C=O) groups is 2. The van der Waals surface area contributed by atoms with E-state index in [1.54, 1.807) is 11.0 Å². The molecule has 0 aliphatic carbocycles. The van der Waals surface area contributed by atoms with Crippen molar-refractivity contribution in [2.75, 3.05) is 17.1 Å². The monoisotopic (exact) mass is 501 g/mol. The van der Waals surface area contributed by atoms with Gasteiger partial charge in [0.25, 0.3) is 0 Å². The average molecular weight is 502 g/mol. The fourth-order valence-electron chi connectivity index (χ4n) is 4.06. The molecule has 192 valence electrons. The third-order valence-electron chi connectivity index (χ3n) is 5.86. The molecule has 2 aromatic rings. The second kappa shape index (κ2) is 12.7. The summed E-state index contributed by atoms with van der Waals surface area (Å²) in [7, 11) is -3.51. The number of benzene rings is 2. The number of nitrogens with zero attached hydrogens (tertiary/aromatic N) is 2. The normalized spacial score (nSPS) is 12.3. The summed E-state index contributed by atoms with van der Waals surface area (Å²) in [5.74, 6) is -0.348. The van der Waals surface area contributed by atoms with Crippen LogP contribution in [0.3, 0.4) is 0 Å². The van der Waals surface area contributed by atoms with E-state index in [2.05, 4.69) is 5.32 Å². The summed E-state index contributed by atoms with van der Waals surface area (Å²) in [5, 5.41) is 2.93. The van der Waals surface area contributed by atoms with Crippen molar-refractivity contribution >= 4 is 27.5 Å². The molecule has 0 aromatic heterocycles. The van der Waals surface area contributed by atoms with E-state index >= 15 is 0 Å². The molecule has 0 saturated heterocycles. The lowest BCUT2D eigenvalue weighted by Crippen LogP contribution is -2.50. The SMILES string of the molecule is CC[C@@H](C(=O)NC(C)C)N(Cc1ccccc1C)C(=O)CCCN(c1cccc(C)c1)S(C)(=O)=O. The summed E-state index contributed by atoms with van der Waals surface area (Å²) < 4.78 is 26.2. The molecule has 0 unspecified atom stereocenters. The van der Waals surface area contributed by atoms with Gasteiger partial charge in [-0.1, -0.05) is 43.3 Å². The van der Waals surface area contributed by atoms with Crippen LogP contribution in [-0.4, -0.2) is 50.0 Å². The van der Waals surface area contributed by atoms with Gasteiger partial charge in [-0.05, 0) is 69.4 Å². The van der Waals surface area contributed by atoms with Crippen molar-refractivity contribution in [3.05, 3.63) is 65.2 Å². The minimum absolute atomic E-state index is 0.0374. The van der Waals surface area contributed by atoms with Crippen molar-refractivity contribution in [3.63, 3.8) is 0 Å².